The Kier molecular flexibility index (Phi) is 4.14. The molecule has 0 aliphatic heterocycles. The molecule has 5 aromatic rings. The summed E-state index contributed by atoms with van der Waals surface area (Å²) in [5.41, 5.74) is 2.70. The molecule has 0 aliphatic carbocycles. The minimum Gasteiger partial charge on any atom is -0.332 e. The molecule has 29 heavy (non-hydrogen) atoms. The van der Waals surface area contributed by atoms with Crippen LogP contribution in [0.25, 0.3) is 39.9 Å². The van der Waals surface area contributed by atoms with Gasteiger partial charge in [0.1, 0.15) is 17.2 Å². The van der Waals surface area contributed by atoms with Crippen molar-refractivity contribution in [2.75, 3.05) is 0 Å². The molecule has 0 atom stereocenters. The fourth-order valence-corrected chi connectivity index (χ4v) is 3.01. The van der Waals surface area contributed by atoms with Crippen molar-refractivity contribution in [3.63, 3.8) is 0 Å². The first-order valence-corrected chi connectivity index (χ1v) is 8.82. The van der Waals surface area contributed by atoms with Gasteiger partial charge in [0.25, 0.3) is 5.89 Å². The maximum atomic E-state index is 14.5. The monoisotopic (exact) mass is 384 g/mol. The van der Waals surface area contributed by atoms with Crippen LogP contribution in [0.15, 0.2) is 83.6 Å². The number of aromatic nitrogens is 6. The fourth-order valence-electron chi connectivity index (χ4n) is 3.01. The molecule has 3 heterocycles. The third-order valence-electron chi connectivity index (χ3n) is 4.37. The van der Waals surface area contributed by atoms with E-state index in [2.05, 4.69) is 25.4 Å². The van der Waals surface area contributed by atoms with Crippen LogP contribution in [-0.2, 0) is 0 Å². The number of para-hydroxylation sites is 1. The number of rotatable bonds is 4. The molecule has 0 amide bonds. The second kappa shape index (κ2) is 7.08. The molecule has 0 aliphatic rings. The zero-order valence-corrected chi connectivity index (χ0v) is 15.0. The van der Waals surface area contributed by atoms with Crippen LogP contribution < -0.4 is 0 Å². The molecular weight excluding hydrogens is 371 g/mol. The van der Waals surface area contributed by atoms with Crippen LogP contribution >= 0.6 is 0 Å². The molecule has 0 spiro atoms. The molecule has 7 nitrogen and oxygen atoms in total. The first-order chi connectivity index (χ1) is 14.3. The van der Waals surface area contributed by atoms with E-state index in [0.717, 1.165) is 11.1 Å². The zero-order valence-electron chi connectivity index (χ0n) is 15.0. The van der Waals surface area contributed by atoms with Crippen LogP contribution in [0.1, 0.15) is 0 Å². The molecule has 0 fully saturated rings. The summed E-state index contributed by atoms with van der Waals surface area (Å²) in [5, 5.41) is 12.4. The maximum Gasteiger partial charge on any atom is 0.281 e. The van der Waals surface area contributed by atoms with Crippen LogP contribution in [0.5, 0.6) is 0 Å². The van der Waals surface area contributed by atoms with Gasteiger partial charge in [-0.05, 0) is 24.3 Å². The summed E-state index contributed by atoms with van der Waals surface area (Å²) < 4.78 is 21.3. The lowest BCUT2D eigenvalue weighted by molar-refractivity contribution is 0.431. The molecule has 5 rings (SSSR count). The quantitative estimate of drug-likeness (QED) is 0.462. The third kappa shape index (κ3) is 3.06. The van der Waals surface area contributed by atoms with Gasteiger partial charge in [-0.1, -0.05) is 52.8 Å². The highest BCUT2D eigenvalue weighted by Crippen LogP contribution is 2.32. The van der Waals surface area contributed by atoms with E-state index in [1.54, 1.807) is 42.7 Å². The molecule has 0 saturated carbocycles. The first-order valence-electron chi connectivity index (χ1n) is 8.82. The second-order valence-corrected chi connectivity index (χ2v) is 6.17. The fraction of sp³-hybridized carbons (Fsp3) is 0. The van der Waals surface area contributed by atoms with E-state index in [4.69, 9.17) is 4.52 Å². The van der Waals surface area contributed by atoms with Crippen LogP contribution in [-0.4, -0.2) is 30.1 Å². The highest BCUT2D eigenvalue weighted by molar-refractivity contribution is 5.76. The van der Waals surface area contributed by atoms with Crippen LogP contribution in [0.3, 0.4) is 0 Å². The van der Waals surface area contributed by atoms with Crippen molar-refractivity contribution < 1.29 is 8.91 Å². The van der Waals surface area contributed by atoms with Crippen molar-refractivity contribution in [3.05, 3.63) is 84.9 Å². The van der Waals surface area contributed by atoms with E-state index in [1.165, 1.54) is 10.7 Å². The molecule has 0 saturated heterocycles. The van der Waals surface area contributed by atoms with Crippen molar-refractivity contribution >= 4 is 0 Å². The van der Waals surface area contributed by atoms with Gasteiger partial charge in [0, 0.05) is 23.5 Å². The van der Waals surface area contributed by atoms with Gasteiger partial charge >= 0.3 is 0 Å². The summed E-state index contributed by atoms with van der Waals surface area (Å²) in [6.07, 6.45) is 3.28. The van der Waals surface area contributed by atoms with Crippen LogP contribution in [0.4, 0.5) is 4.39 Å². The second-order valence-electron chi connectivity index (χ2n) is 6.17. The van der Waals surface area contributed by atoms with Gasteiger partial charge in [-0.15, -0.1) is 5.10 Å². The number of nitrogens with zero attached hydrogens (tertiary/aromatic N) is 6. The van der Waals surface area contributed by atoms with Gasteiger partial charge in [0.15, 0.2) is 5.69 Å². The Morgan fingerprint density at radius 3 is 2.38 bits per heavy atom. The normalized spacial score (nSPS) is 10.9. The average molecular weight is 384 g/mol. The summed E-state index contributed by atoms with van der Waals surface area (Å²) in [7, 11) is 0. The van der Waals surface area contributed by atoms with Crippen LogP contribution in [0, 0.1) is 5.82 Å². The molecule has 2 aromatic carbocycles. The van der Waals surface area contributed by atoms with Gasteiger partial charge < -0.3 is 4.52 Å². The van der Waals surface area contributed by atoms with Gasteiger partial charge in [-0.3, -0.25) is 4.98 Å². The lowest BCUT2D eigenvalue weighted by atomic mass is 10.1. The predicted molar refractivity (Wildman–Crippen MR) is 103 cm³/mol. The lowest BCUT2D eigenvalue weighted by Gasteiger charge is -2.08. The summed E-state index contributed by atoms with van der Waals surface area (Å²) in [5.74, 6) is 0.203. The number of benzene rings is 2. The number of halogens is 1. The lowest BCUT2D eigenvalue weighted by Crippen LogP contribution is -2.02. The van der Waals surface area contributed by atoms with E-state index in [9.17, 15) is 4.39 Å². The minimum absolute atomic E-state index is 0.193. The molecule has 0 bridgehead atoms. The first kappa shape index (κ1) is 16.9. The summed E-state index contributed by atoms with van der Waals surface area (Å²) in [4.78, 5) is 8.51. The number of pyridine rings is 1. The molecule has 0 radical (unpaired) electrons. The van der Waals surface area contributed by atoms with E-state index in [0.29, 0.717) is 17.2 Å². The molecule has 140 valence electrons. The Labute approximate surface area is 164 Å². The Morgan fingerprint density at radius 2 is 1.59 bits per heavy atom. The van der Waals surface area contributed by atoms with E-state index < -0.39 is 5.82 Å². The smallest absolute Gasteiger partial charge is 0.281 e. The van der Waals surface area contributed by atoms with E-state index in [-0.39, 0.29) is 11.6 Å². The van der Waals surface area contributed by atoms with Gasteiger partial charge in [0.05, 0.1) is 0 Å². The highest BCUT2D eigenvalue weighted by atomic mass is 19.1. The summed E-state index contributed by atoms with van der Waals surface area (Å²) in [6.45, 7) is 0. The largest absolute Gasteiger partial charge is 0.332 e. The Morgan fingerprint density at radius 1 is 0.828 bits per heavy atom. The molecular formula is C21H13FN6O. The summed E-state index contributed by atoms with van der Waals surface area (Å²) in [6, 6.07) is 19.4. The molecule has 0 unspecified atom stereocenters. The zero-order chi connectivity index (χ0) is 19.6. The van der Waals surface area contributed by atoms with Crippen molar-refractivity contribution in [1.82, 2.24) is 30.1 Å². The van der Waals surface area contributed by atoms with Crippen LogP contribution in [0.2, 0.25) is 0 Å². The maximum absolute atomic E-state index is 14.5. The minimum atomic E-state index is -0.422. The Hall–Kier alpha value is -4.20. The average Bonchev–Trinajstić information content (AvgIpc) is 3.43. The highest BCUT2D eigenvalue weighted by Gasteiger charge is 2.24. The van der Waals surface area contributed by atoms with Gasteiger partial charge in [-0.25, -0.2) is 9.07 Å². The number of hydrogen-bond acceptors (Lipinski definition) is 6. The third-order valence-corrected chi connectivity index (χ3v) is 4.37. The SMILES string of the molecule is Fc1ccccc1-n1nnc(-c2nc(-c3ccccc3)no2)c1-c1ccncc1. The van der Waals surface area contributed by atoms with E-state index in [1.807, 2.05) is 30.3 Å². The van der Waals surface area contributed by atoms with Gasteiger partial charge in [-0.2, -0.15) is 4.98 Å². The standard InChI is InChI=1S/C21H13FN6O/c22-16-8-4-5-9-17(16)28-19(14-10-12-23-13-11-14)18(25-27-28)21-24-20(26-29-21)15-6-2-1-3-7-15/h1-13H. The Bertz CT molecular complexity index is 1270. The van der Waals surface area contributed by atoms with Crippen molar-refractivity contribution in [2.45, 2.75) is 0 Å². The number of hydrogen-bond donors (Lipinski definition) is 0. The summed E-state index contributed by atoms with van der Waals surface area (Å²) >= 11 is 0. The van der Waals surface area contributed by atoms with Gasteiger partial charge in [0.2, 0.25) is 5.82 Å². The van der Waals surface area contributed by atoms with E-state index >= 15 is 0 Å². The topological polar surface area (TPSA) is 82.5 Å². The molecule has 8 heteroatoms. The van der Waals surface area contributed by atoms with Crippen molar-refractivity contribution in [3.8, 4) is 39.9 Å². The predicted octanol–water partition coefficient (Wildman–Crippen LogP) is 4.19. The molecule has 3 aromatic heterocycles. The molecule has 0 N–H and O–H groups in total. The Balaban J connectivity index is 1.69. The van der Waals surface area contributed by atoms with Crippen molar-refractivity contribution in [2.24, 2.45) is 0 Å². The van der Waals surface area contributed by atoms with Crippen molar-refractivity contribution in [1.29, 1.82) is 0 Å².